The topological polar surface area (TPSA) is 15.6 Å². The second-order valence-electron chi connectivity index (χ2n) is 3.05. The summed E-state index contributed by atoms with van der Waals surface area (Å²) in [4.78, 5) is 6.71. The number of thiophene rings is 1. The first-order valence-corrected chi connectivity index (χ1v) is 5.08. The molecule has 2 aliphatic rings. The number of rotatable bonds is 0. The molecule has 1 aromatic rings. The Kier molecular flexibility index (Phi) is 1.40. The smallest absolute Gasteiger partial charge is 0.134 e. The second kappa shape index (κ2) is 2.57. The molecule has 0 bridgehead atoms. The van der Waals surface area contributed by atoms with Crippen LogP contribution >= 0.6 is 11.3 Å². The van der Waals surface area contributed by atoms with E-state index in [9.17, 15) is 0 Å². The minimum absolute atomic E-state index is 0.957. The lowest BCUT2D eigenvalue weighted by Crippen LogP contribution is -2.26. The van der Waals surface area contributed by atoms with Crippen molar-refractivity contribution in [2.45, 2.75) is 6.54 Å². The van der Waals surface area contributed by atoms with E-state index in [1.54, 1.807) is 11.3 Å². The van der Waals surface area contributed by atoms with Gasteiger partial charge in [0.25, 0.3) is 0 Å². The Labute approximate surface area is 80.5 Å². The van der Waals surface area contributed by atoms with Crippen LogP contribution in [0, 0.1) is 0 Å². The minimum atomic E-state index is 0.957. The van der Waals surface area contributed by atoms with E-state index in [0.717, 1.165) is 17.4 Å². The number of hydrogen-bond donors (Lipinski definition) is 0. The van der Waals surface area contributed by atoms with Crippen molar-refractivity contribution in [1.82, 2.24) is 4.90 Å². The van der Waals surface area contributed by atoms with Crippen LogP contribution in [0.2, 0.25) is 0 Å². The molecule has 0 saturated heterocycles. The van der Waals surface area contributed by atoms with Crippen LogP contribution < -0.4 is 0 Å². The Morgan fingerprint density at radius 1 is 1.38 bits per heavy atom. The average Bonchev–Trinajstić information content (AvgIpc) is 2.61. The van der Waals surface area contributed by atoms with Gasteiger partial charge in [0.2, 0.25) is 0 Å². The van der Waals surface area contributed by atoms with Crippen molar-refractivity contribution in [2.75, 3.05) is 0 Å². The molecule has 2 nitrogen and oxygen atoms in total. The van der Waals surface area contributed by atoms with E-state index in [1.807, 2.05) is 18.2 Å². The van der Waals surface area contributed by atoms with Gasteiger partial charge >= 0.3 is 0 Å². The van der Waals surface area contributed by atoms with Gasteiger partial charge in [0.15, 0.2) is 0 Å². The van der Waals surface area contributed by atoms with E-state index in [4.69, 9.17) is 0 Å². The number of aliphatic imine (C=N–C) groups is 1. The fraction of sp³-hybridized carbons (Fsp3) is 0.100. The zero-order valence-electron chi connectivity index (χ0n) is 6.97. The third-order valence-corrected chi connectivity index (χ3v) is 3.05. The molecule has 3 heterocycles. The summed E-state index contributed by atoms with van der Waals surface area (Å²) < 4.78 is 0. The Bertz CT molecular complexity index is 426. The zero-order valence-corrected chi connectivity index (χ0v) is 7.79. The molecule has 0 unspecified atom stereocenters. The molecule has 3 rings (SSSR count). The van der Waals surface area contributed by atoms with E-state index in [-0.39, 0.29) is 0 Å². The molecule has 0 aromatic carbocycles. The molecule has 0 radical (unpaired) electrons. The Morgan fingerprint density at radius 3 is 3.38 bits per heavy atom. The molecule has 0 fully saturated rings. The summed E-state index contributed by atoms with van der Waals surface area (Å²) in [7, 11) is 0. The predicted octanol–water partition coefficient (Wildman–Crippen LogP) is 2.68. The fourth-order valence-electron chi connectivity index (χ4n) is 1.54. The van der Waals surface area contributed by atoms with Gasteiger partial charge < -0.3 is 4.90 Å². The van der Waals surface area contributed by atoms with Crippen molar-refractivity contribution in [2.24, 2.45) is 4.99 Å². The van der Waals surface area contributed by atoms with Crippen molar-refractivity contribution in [3.63, 3.8) is 0 Å². The molecule has 0 aliphatic carbocycles. The summed E-state index contributed by atoms with van der Waals surface area (Å²) in [6.45, 7) is 0.957. The first-order valence-electron chi connectivity index (χ1n) is 4.20. The molecule has 0 spiro atoms. The molecule has 0 N–H and O–H groups in total. The maximum atomic E-state index is 4.55. The normalized spacial score (nSPS) is 18.2. The lowest BCUT2D eigenvalue weighted by atomic mass is 10.2. The van der Waals surface area contributed by atoms with Gasteiger partial charge in [-0.15, -0.1) is 11.3 Å². The second-order valence-corrected chi connectivity index (χ2v) is 3.94. The Hall–Kier alpha value is -1.35. The lowest BCUT2D eigenvalue weighted by molar-refractivity contribution is 0.546. The predicted molar refractivity (Wildman–Crippen MR) is 55.2 cm³/mol. The molecule has 1 aromatic heterocycles. The first-order chi connectivity index (χ1) is 6.43. The highest BCUT2D eigenvalue weighted by Crippen LogP contribution is 2.32. The first kappa shape index (κ1) is 7.09. The van der Waals surface area contributed by atoms with Gasteiger partial charge in [-0.25, -0.2) is 4.99 Å². The number of allylic oxidation sites excluding steroid dienone is 2. The minimum Gasteiger partial charge on any atom is -0.328 e. The maximum Gasteiger partial charge on any atom is 0.134 e. The fourth-order valence-corrected chi connectivity index (χ4v) is 2.33. The highest BCUT2D eigenvalue weighted by atomic mass is 32.1. The highest BCUT2D eigenvalue weighted by Gasteiger charge is 2.17. The van der Waals surface area contributed by atoms with E-state index >= 15 is 0 Å². The van der Waals surface area contributed by atoms with Crippen LogP contribution in [0.5, 0.6) is 0 Å². The van der Waals surface area contributed by atoms with Gasteiger partial charge in [-0.05, 0) is 23.6 Å². The third-order valence-electron chi connectivity index (χ3n) is 2.20. The van der Waals surface area contributed by atoms with E-state index in [0.29, 0.717) is 0 Å². The van der Waals surface area contributed by atoms with Crippen LogP contribution in [-0.4, -0.2) is 10.7 Å². The van der Waals surface area contributed by atoms with Crippen molar-refractivity contribution in [3.8, 4) is 0 Å². The molecular weight excluding hydrogens is 180 g/mol. The van der Waals surface area contributed by atoms with Crippen molar-refractivity contribution < 1.29 is 0 Å². The molecule has 2 aliphatic heterocycles. The summed E-state index contributed by atoms with van der Waals surface area (Å²) >= 11 is 1.71. The number of hydrogen-bond acceptors (Lipinski definition) is 3. The van der Waals surface area contributed by atoms with Crippen molar-refractivity contribution in [1.29, 1.82) is 0 Å². The third kappa shape index (κ3) is 1.04. The maximum absolute atomic E-state index is 4.55. The molecular formula is C10H8N2S. The Morgan fingerprint density at radius 2 is 2.38 bits per heavy atom. The average molecular weight is 188 g/mol. The van der Waals surface area contributed by atoms with Crippen LogP contribution in [0.3, 0.4) is 0 Å². The van der Waals surface area contributed by atoms with E-state index in [2.05, 4.69) is 27.5 Å². The van der Waals surface area contributed by atoms with E-state index < -0.39 is 0 Å². The standard InChI is InChI=1S/C10H8N2S/c1-2-5-12-7-8-4-6-13-10(8)11-9(12)3-1/h1-6H,7H2. The Balaban J connectivity index is 2.13. The largest absolute Gasteiger partial charge is 0.328 e. The van der Waals surface area contributed by atoms with E-state index in [1.165, 1.54) is 5.56 Å². The quantitative estimate of drug-likeness (QED) is 0.611. The SMILES string of the molecule is C1=CC2=Nc3sccc3CN2C=C1. The van der Waals surface area contributed by atoms with Crippen LogP contribution in [-0.2, 0) is 6.54 Å². The molecule has 64 valence electrons. The summed E-state index contributed by atoms with van der Waals surface area (Å²) in [5, 5.41) is 3.26. The van der Waals surface area contributed by atoms with Gasteiger partial charge in [0.1, 0.15) is 10.8 Å². The molecule has 0 saturated carbocycles. The van der Waals surface area contributed by atoms with Crippen LogP contribution in [0.15, 0.2) is 40.9 Å². The summed E-state index contributed by atoms with van der Waals surface area (Å²) in [6, 6.07) is 2.15. The van der Waals surface area contributed by atoms with Gasteiger partial charge in [0.05, 0.1) is 6.54 Å². The van der Waals surface area contributed by atoms with Crippen LogP contribution in [0.4, 0.5) is 5.00 Å². The van der Waals surface area contributed by atoms with Crippen molar-refractivity contribution in [3.05, 3.63) is 41.4 Å². The van der Waals surface area contributed by atoms with Gasteiger partial charge in [-0.2, -0.15) is 0 Å². The summed E-state index contributed by atoms with van der Waals surface area (Å²) in [6.07, 6.45) is 8.17. The number of nitrogens with zero attached hydrogens (tertiary/aromatic N) is 2. The highest BCUT2D eigenvalue weighted by molar-refractivity contribution is 7.14. The number of fused-ring (bicyclic) bond motifs is 2. The van der Waals surface area contributed by atoms with Crippen molar-refractivity contribution >= 4 is 22.2 Å². The number of amidine groups is 1. The molecule has 0 atom stereocenters. The van der Waals surface area contributed by atoms with Crippen LogP contribution in [0.25, 0.3) is 0 Å². The van der Waals surface area contributed by atoms with Gasteiger partial charge in [-0.1, -0.05) is 6.08 Å². The van der Waals surface area contributed by atoms with Gasteiger partial charge in [0, 0.05) is 11.8 Å². The summed E-state index contributed by atoms with van der Waals surface area (Å²) in [5.41, 5.74) is 1.33. The molecule has 13 heavy (non-hydrogen) atoms. The van der Waals surface area contributed by atoms with Crippen LogP contribution in [0.1, 0.15) is 5.56 Å². The summed E-state index contributed by atoms with van der Waals surface area (Å²) in [5.74, 6) is 1.05. The molecule has 0 amide bonds. The molecule has 3 heteroatoms. The zero-order chi connectivity index (χ0) is 8.67. The monoisotopic (exact) mass is 188 g/mol. The lowest BCUT2D eigenvalue weighted by Gasteiger charge is -2.25. The van der Waals surface area contributed by atoms with Gasteiger partial charge in [-0.3, -0.25) is 0 Å².